The van der Waals surface area contributed by atoms with Crippen molar-refractivity contribution in [1.82, 2.24) is 5.32 Å². The van der Waals surface area contributed by atoms with Crippen LogP contribution in [0.1, 0.15) is 38.7 Å². The molecule has 0 aliphatic carbocycles. The molecule has 1 amide bonds. The second-order valence-electron chi connectivity index (χ2n) is 5.93. The summed E-state index contributed by atoms with van der Waals surface area (Å²) in [7, 11) is 0. The summed E-state index contributed by atoms with van der Waals surface area (Å²) in [5.41, 5.74) is 1.20. The van der Waals surface area contributed by atoms with Gasteiger partial charge >= 0.3 is 0 Å². The largest absolute Gasteiger partial charge is 0.381 e. The van der Waals surface area contributed by atoms with E-state index in [0.29, 0.717) is 6.54 Å². The third-order valence-corrected chi connectivity index (χ3v) is 4.82. The number of hydrogen-bond acceptors (Lipinski definition) is 2. The molecule has 21 heavy (non-hydrogen) atoms. The highest BCUT2D eigenvalue weighted by Gasteiger charge is 2.35. The standard InChI is InChI=1S/C17H24ClNO2/c1-3-13(2)16(20)19-12-17(8-10-21-11-9-17)14-4-6-15(18)7-5-14/h4-7,13H,3,8-12H2,1-2H3,(H,19,20)/t13-/m1/s1. The molecule has 1 aliphatic heterocycles. The third-order valence-electron chi connectivity index (χ3n) is 4.57. The lowest BCUT2D eigenvalue weighted by atomic mass is 9.74. The molecule has 0 bridgehead atoms. The first-order valence-electron chi connectivity index (χ1n) is 7.69. The number of halogens is 1. The molecule has 1 fully saturated rings. The highest BCUT2D eigenvalue weighted by molar-refractivity contribution is 6.30. The molecule has 0 unspecified atom stereocenters. The van der Waals surface area contributed by atoms with E-state index in [1.54, 1.807) is 0 Å². The van der Waals surface area contributed by atoms with Crippen molar-refractivity contribution < 1.29 is 9.53 Å². The van der Waals surface area contributed by atoms with Gasteiger partial charge in [-0.2, -0.15) is 0 Å². The minimum atomic E-state index is -0.0358. The maximum atomic E-state index is 12.1. The molecule has 1 heterocycles. The smallest absolute Gasteiger partial charge is 0.222 e. The Hall–Kier alpha value is -1.06. The monoisotopic (exact) mass is 309 g/mol. The average molecular weight is 310 g/mol. The van der Waals surface area contributed by atoms with Gasteiger partial charge in [0.1, 0.15) is 0 Å². The Morgan fingerprint density at radius 1 is 1.33 bits per heavy atom. The lowest BCUT2D eigenvalue weighted by molar-refractivity contribution is -0.125. The zero-order valence-corrected chi connectivity index (χ0v) is 13.6. The fourth-order valence-electron chi connectivity index (χ4n) is 2.75. The Balaban J connectivity index is 2.13. The van der Waals surface area contributed by atoms with Gasteiger partial charge in [-0.15, -0.1) is 0 Å². The minimum Gasteiger partial charge on any atom is -0.381 e. The molecule has 1 aliphatic rings. The summed E-state index contributed by atoms with van der Waals surface area (Å²) < 4.78 is 5.51. The summed E-state index contributed by atoms with van der Waals surface area (Å²) in [5, 5.41) is 3.87. The van der Waals surface area contributed by atoms with E-state index < -0.39 is 0 Å². The van der Waals surface area contributed by atoms with Gasteiger partial charge in [-0.05, 0) is 37.0 Å². The van der Waals surface area contributed by atoms with Crippen molar-refractivity contribution in [2.75, 3.05) is 19.8 Å². The summed E-state index contributed by atoms with van der Waals surface area (Å²) in [4.78, 5) is 12.1. The Morgan fingerprint density at radius 3 is 2.52 bits per heavy atom. The van der Waals surface area contributed by atoms with E-state index in [9.17, 15) is 4.79 Å². The Bertz CT molecular complexity index is 466. The summed E-state index contributed by atoms with van der Waals surface area (Å²) >= 11 is 5.99. The molecule has 0 spiro atoms. The third kappa shape index (κ3) is 3.98. The SMILES string of the molecule is CC[C@@H](C)C(=O)NCC1(c2ccc(Cl)cc2)CCOCC1. The Morgan fingerprint density at radius 2 is 1.95 bits per heavy atom. The minimum absolute atomic E-state index is 0.0358. The van der Waals surface area contributed by atoms with Gasteiger partial charge in [0.25, 0.3) is 0 Å². The molecule has 1 atom stereocenters. The normalized spacial score (nSPS) is 19.0. The highest BCUT2D eigenvalue weighted by Crippen LogP contribution is 2.35. The fourth-order valence-corrected chi connectivity index (χ4v) is 2.88. The van der Waals surface area contributed by atoms with Crippen molar-refractivity contribution in [3.05, 3.63) is 34.9 Å². The lowest BCUT2D eigenvalue weighted by Crippen LogP contribution is -2.45. The fraction of sp³-hybridized carbons (Fsp3) is 0.588. The van der Waals surface area contributed by atoms with Gasteiger partial charge < -0.3 is 10.1 Å². The van der Waals surface area contributed by atoms with E-state index >= 15 is 0 Å². The van der Waals surface area contributed by atoms with Gasteiger partial charge in [-0.1, -0.05) is 37.6 Å². The van der Waals surface area contributed by atoms with Crippen LogP contribution in [-0.2, 0) is 14.9 Å². The second-order valence-corrected chi connectivity index (χ2v) is 6.36. The molecule has 116 valence electrons. The summed E-state index contributed by atoms with van der Waals surface area (Å²) in [5.74, 6) is 0.199. The van der Waals surface area contributed by atoms with Crippen LogP contribution >= 0.6 is 11.6 Å². The predicted octanol–water partition coefficient (Wildman–Crippen LogP) is 3.55. The van der Waals surface area contributed by atoms with Crippen molar-refractivity contribution >= 4 is 17.5 Å². The summed E-state index contributed by atoms with van der Waals surface area (Å²) in [6.07, 6.45) is 2.72. The first-order valence-corrected chi connectivity index (χ1v) is 8.07. The average Bonchev–Trinajstić information content (AvgIpc) is 2.53. The van der Waals surface area contributed by atoms with Crippen molar-refractivity contribution in [3.8, 4) is 0 Å². The van der Waals surface area contributed by atoms with Gasteiger partial charge in [0.2, 0.25) is 5.91 Å². The predicted molar refractivity (Wildman–Crippen MR) is 85.6 cm³/mol. The molecule has 1 saturated heterocycles. The molecular weight excluding hydrogens is 286 g/mol. The van der Waals surface area contributed by atoms with Gasteiger partial charge in [-0.25, -0.2) is 0 Å². The Kier molecular flexibility index (Phi) is 5.65. The van der Waals surface area contributed by atoms with Crippen LogP contribution in [0.15, 0.2) is 24.3 Å². The van der Waals surface area contributed by atoms with Crippen LogP contribution in [0, 0.1) is 5.92 Å². The molecular formula is C17H24ClNO2. The van der Waals surface area contributed by atoms with Crippen molar-refractivity contribution in [2.24, 2.45) is 5.92 Å². The number of amides is 1. The van der Waals surface area contributed by atoms with Gasteiger partial charge in [0, 0.05) is 36.1 Å². The zero-order chi connectivity index (χ0) is 15.3. The number of rotatable bonds is 5. The highest BCUT2D eigenvalue weighted by atomic mass is 35.5. The molecule has 0 radical (unpaired) electrons. The van der Waals surface area contributed by atoms with Crippen LogP contribution < -0.4 is 5.32 Å². The van der Waals surface area contributed by atoms with Crippen LogP contribution in [-0.4, -0.2) is 25.7 Å². The molecule has 2 rings (SSSR count). The summed E-state index contributed by atoms with van der Waals surface area (Å²) in [6.45, 7) is 6.15. The first kappa shape index (κ1) is 16.3. The lowest BCUT2D eigenvalue weighted by Gasteiger charge is -2.38. The van der Waals surface area contributed by atoms with Crippen molar-refractivity contribution in [2.45, 2.75) is 38.5 Å². The summed E-state index contributed by atoms with van der Waals surface area (Å²) in [6, 6.07) is 7.99. The van der Waals surface area contributed by atoms with E-state index in [2.05, 4.69) is 17.4 Å². The quantitative estimate of drug-likeness (QED) is 0.903. The molecule has 1 aromatic rings. The molecule has 0 saturated carbocycles. The maximum Gasteiger partial charge on any atom is 0.222 e. The van der Waals surface area contributed by atoms with Gasteiger partial charge in [0.15, 0.2) is 0 Å². The van der Waals surface area contributed by atoms with Crippen LogP contribution in [0.2, 0.25) is 5.02 Å². The van der Waals surface area contributed by atoms with Crippen molar-refractivity contribution in [3.63, 3.8) is 0 Å². The van der Waals surface area contributed by atoms with E-state index in [-0.39, 0.29) is 17.2 Å². The van der Waals surface area contributed by atoms with E-state index in [1.807, 2.05) is 26.0 Å². The first-order chi connectivity index (χ1) is 10.1. The molecule has 3 nitrogen and oxygen atoms in total. The van der Waals surface area contributed by atoms with Crippen LogP contribution in [0.3, 0.4) is 0 Å². The van der Waals surface area contributed by atoms with Crippen LogP contribution in [0.4, 0.5) is 0 Å². The number of carbonyl (C=O) groups is 1. The molecule has 0 aromatic heterocycles. The second kappa shape index (κ2) is 7.28. The van der Waals surface area contributed by atoms with E-state index in [4.69, 9.17) is 16.3 Å². The van der Waals surface area contributed by atoms with E-state index in [1.165, 1.54) is 5.56 Å². The number of ether oxygens (including phenoxy) is 1. The number of benzene rings is 1. The van der Waals surface area contributed by atoms with Crippen molar-refractivity contribution in [1.29, 1.82) is 0 Å². The zero-order valence-electron chi connectivity index (χ0n) is 12.8. The number of carbonyl (C=O) groups excluding carboxylic acids is 1. The van der Waals surface area contributed by atoms with E-state index in [0.717, 1.165) is 37.5 Å². The number of hydrogen-bond donors (Lipinski definition) is 1. The van der Waals surface area contributed by atoms with Crippen LogP contribution in [0.25, 0.3) is 0 Å². The molecule has 4 heteroatoms. The Labute approximate surface area is 132 Å². The molecule has 1 N–H and O–H groups in total. The number of nitrogens with one attached hydrogen (secondary N) is 1. The van der Waals surface area contributed by atoms with Gasteiger partial charge in [0.05, 0.1) is 0 Å². The molecule has 1 aromatic carbocycles. The maximum absolute atomic E-state index is 12.1. The van der Waals surface area contributed by atoms with Crippen LogP contribution in [0.5, 0.6) is 0 Å². The van der Waals surface area contributed by atoms with Gasteiger partial charge in [-0.3, -0.25) is 4.79 Å². The topological polar surface area (TPSA) is 38.3 Å².